The molecule has 1 rings (SSSR count). The minimum atomic E-state index is -0.0428. The van der Waals surface area contributed by atoms with Crippen molar-refractivity contribution in [1.29, 1.82) is 0 Å². The van der Waals surface area contributed by atoms with Crippen molar-refractivity contribution in [3.63, 3.8) is 0 Å². The highest BCUT2D eigenvalue weighted by atomic mass is 16.5. The number of rotatable bonds is 2. The van der Waals surface area contributed by atoms with Crippen LogP contribution in [0.25, 0.3) is 0 Å². The molecule has 0 aromatic rings. The van der Waals surface area contributed by atoms with E-state index >= 15 is 0 Å². The molecule has 100 valence electrons. The number of esters is 1. The molecule has 0 spiro atoms. The van der Waals surface area contributed by atoms with Gasteiger partial charge < -0.3 is 4.74 Å². The van der Waals surface area contributed by atoms with Crippen LogP contribution in [0.4, 0.5) is 0 Å². The third-order valence-corrected chi connectivity index (χ3v) is 3.90. The maximum atomic E-state index is 11.7. The highest BCUT2D eigenvalue weighted by Gasteiger charge is 2.38. The first-order chi connectivity index (χ1) is 7.71. The third kappa shape index (κ3) is 4.01. The second-order valence-corrected chi connectivity index (χ2v) is 7.02. The van der Waals surface area contributed by atoms with Crippen LogP contribution in [0, 0.1) is 23.2 Å². The molecule has 17 heavy (non-hydrogen) atoms. The van der Waals surface area contributed by atoms with Crippen LogP contribution in [0.15, 0.2) is 0 Å². The van der Waals surface area contributed by atoms with E-state index < -0.39 is 0 Å². The molecule has 0 aromatic heterocycles. The van der Waals surface area contributed by atoms with Gasteiger partial charge in [-0.15, -0.1) is 0 Å². The molecule has 0 N–H and O–H groups in total. The van der Waals surface area contributed by atoms with Crippen molar-refractivity contribution in [3.8, 4) is 0 Å². The molecule has 1 fully saturated rings. The van der Waals surface area contributed by atoms with Crippen LogP contribution in [0.1, 0.15) is 60.8 Å². The summed E-state index contributed by atoms with van der Waals surface area (Å²) < 4.78 is 5.70. The largest absolute Gasteiger partial charge is 0.462 e. The van der Waals surface area contributed by atoms with E-state index in [0.717, 1.165) is 12.3 Å². The van der Waals surface area contributed by atoms with Crippen LogP contribution < -0.4 is 0 Å². The lowest BCUT2D eigenvalue weighted by Gasteiger charge is -2.42. The normalized spacial score (nSPS) is 30.4. The lowest BCUT2D eigenvalue weighted by Crippen LogP contribution is -2.40. The maximum Gasteiger partial charge on any atom is 0.308 e. The van der Waals surface area contributed by atoms with Gasteiger partial charge >= 0.3 is 5.97 Å². The summed E-state index contributed by atoms with van der Waals surface area (Å²) >= 11 is 0. The van der Waals surface area contributed by atoms with E-state index in [1.54, 1.807) is 0 Å². The first kappa shape index (κ1) is 14.5. The van der Waals surface area contributed by atoms with E-state index in [-0.39, 0.29) is 23.4 Å². The number of carbonyl (C=O) groups is 1. The summed E-state index contributed by atoms with van der Waals surface area (Å²) in [6.07, 6.45) is 3.52. The first-order valence-corrected chi connectivity index (χ1v) is 6.92. The van der Waals surface area contributed by atoms with Gasteiger partial charge in [0.15, 0.2) is 0 Å². The minimum Gasteiger partial charge on any atom is -0.462 e. The average Bonchev–Trinajstić information content (AvgIpc) is 2.18. The van der Waals surface area contributed by atoms with Gasteiger partial charge in [-0.25, -0.2) is 0 Å². The summed E-state index contributed by atoms with van der Waals surface area (Å²) in [4.78, 5) is 11.7. The highest BCUT2D eigenvalue weighted by molar-refractivity contribution is 5.71. The minimum absolute atomic E-state index is 0.0185. The van der Waals surface area contributed by atoms with Gasteiger partial charge in [0.25, 0.3) is 0 Å². The fourth-order valence-corrected chi connectivity index (χ4v) is 2.69. The molecule has 0 amide bonds. The Morgan fingerprint density at radius 2 is 1.82 bits per heavy atom. The van der Waals surface area contributed by atoms with E-state index in [4.69, 9.17) is 4.74 Å². The van der Waals surface area contributed by atoms with Gasteiger partial charge in [0.05, 0.1) is 5.92 Å². The molecule has 1 aliphatic carbocycles. The quantitative estimate of drug-likeness (QED) is 0.681. The van der Waals surface area contributed by atoms with Gasteiger partial charge in [-0.2, -0.15) is 0 Å². The van der Waals surface area contributed by atoms with E-state index in [1.165, 1.54) is 12.8 Å². The summed E-state index contributed by atoms with van der Waals surface area (Å²) in [7, 11) is 0. The Balaban J connectivity index is 2.71. The van der Waals surface area contributed by atoms with Gasteiger partial charge in [0.1, 0.15) is 6.10 Å². The molecule has 0 aromatic carbocycles. The Kier molecular flexibility index (Phi) is 4.62. The summed E-state index contributed by atoms with van der Waals surface area (Å²) in [6, 6.07) is 0. The standard InChI is InChI=1S/C15H28O2/c1-10(2)14(16)17-13-8-7-11(3)9-12(13)15(4,5)6/h10-13H,7-9H2,1-6H3. The van der Waals surface area contributed by atoms with Crippen molar-refractivity contribution in [2.24, 2.45) is 23.2 Å². The van der Waals surface area contributed by atoms with Crippen molar-refractivity contribution in [1.82, 2.24) is 0 Å². The van der Waals surface area contributed by atoms with Crippen molar-refractivity contribution in [2.75, 3.05) is 0 Å². The molecule has 0 aliphatic heterocycles. The van der Waals surface area contributed by atoms with Crippen molar-refractivity contribution >= 4 is 5.97 Å². The molecule has 1 saturated carbocycles. The summed E-state index contributed by atoms with van der Waals surface area (Å²) in [6.45, 7) is 12.9. The number of hydrogen-bond donors (Lipinski definition) is 0. The maximum absolute atomic E-state index is 11.7. The second-order valence-electron chi connectivity index (χ2n) is 7.02. The molecule has 3 atom stereocenters. The van der Waals surface area contributed by atoms with Gasteiger partial charge in [0, 0.05) is 5.92 Å². The predicted octanol–water partition coefficient (Wildman–Crippen LogP) is 4.04. The number of hydrogen-bond acceptors (Lipinski definition) is 2. The van der Waals surface area contributed by atoms with E-state index in [2.05, 4.69) is 27.7 Å². The molecule has 0 bridgehead atoms. The molecule has 0 radical (unpaired) electrons. The zero-order valence-corrected chi connectivity index (χ0v) is 12.2. The van der Waals surface area contributed by atoms with Crippen LogP contribution in [0.2, 0.25) is 0 Å². The molecule has 1 aliphatic rings. The van der Waals surface area contributed by atoms with Gasteiger partial charge in [-0.05, 0) is 30.6 Å². The molecule has 2 nitrogen and oxygen atoms in total. The molecular weight excluding hydrogens is 212 g/mol. The second kappa shape index (κ2) is 5.41. The van der Waals surface area contributed by atoms with E-state index in [9.17, 15) is 4.79 Å². The van der Waals surface area contributed by atoms with E-state index in [0.29, 0.717) is 5.92 Å². The fraction of sp³-hybridized carbons (Fsp3) is 0.933. The molecule has 0 saturated heterocycles. The van der Waals surface area contributed by atoms with Gasteiger partial charge in [-0.1, -0.05) is 41.5 Å². The Hall–Kier alpha value is -0.530. The lowest BCUT2D eigenvalue weighted by molar-refractivity contribution is -0.161. The predicted molar refractivity (Wildman–Crippen MR) is 70.7 cm³/mol. The fourth-order valence-electron chi connectivity index (χ4n) is 2.69. The zero-order valence-electron chi connectivity index (χ0n) is 12.2. The Morgan fingerprint density at radius 1 is 1.24 bits per heavy atom. The van der Waals surface area contributed by atoms with Gasteiger partial charge in [-0.3, -0.25) is 4.79 Å². The number of ether oxygens (including phenoxy) is 1. The SMILES string of the molecule is CC1CCC(OC(=O)C(C)C)C(C(C)(C)C)C1. The summed E-state index contributed by atoms with van der Waals surface area (Å²) in [5.41, 5.74) is 0.219. The van der Waals surface area contributed by atoms with Crippen molar-refractivity contribution in [2.45, 2.75) is 66.9 Å². The van der Waals surface area contributed by atoms with Crippen LogP contribution in [-0.4, -0.2) is 12.1 Å². The monoisotopic (exact) mass is 240 g/mol. The molecule has 2 heteroatoms. The molecule has 0 heterocycles. The Bertz CT molecular complexity index is 263. The van der Waals surface area contributed by atoms with Crippen molar-refractivity contribution in [3.05, 3.63) is 0 Å². The van der Waals surface area contributed by atoms with Crippen LogP contribution in [0.3, 0.4) is 0 Å². The van der Waals surface area contributed by atoms with Gasteiger partial charge in [0.2, 0.25) is 0 Å². The van der Waals surface area contributed by atoms with Crippen LogP contribution in [0.5, 0.6) is 0 Å². The zero-order chi connectivity index (χ0) is 13.2. The van der Waals surface area contributed by atoms with Crippen LogP contribution in [-0.2, 0) is 9.53 Å². The Morgan fingerprint density at radius 3 is 2.29 bits per heavy atom. The lowest BCUT2D eigenvalue weighted by atomic mass is 9.68. The molecular formula is C15H28O2. The van der Waals surface area contributed by atoms with E-state index in [1.807, 2.05) is 13.8 Å². The highest BCUT2D eigenvalue weighted by Crippen LogP contribution is 2.41. The third-order valence-electron chi connectivity index (χ3n) is 3.90. The number of carbonyl (C=O) groups excluding carboxylic acids is 1. The summed E-state index contributed by atoms with van der Waals surface area (Å²) in [5.74, 6) is 1.19. The van der Waals surface area contributed by atoms with Crippen molar-refractivity contribution < 1.29 is 9.53 Å². The first-order valence-electron chi connectivity index (χ1n) is 6.92. The Labute approximate surface area is 106 Å². The van der Waals surface area contributed by atoms with Crippen LogP contribution >= 0.6 is 0 Å². The molecule has 3 unspecified atom stereocenters. The topological polar surface area (TPSA) is 26.3 Å². The smallest absolute Gasteiger partial charge is 0.308 e. The summed E-state index contributed by atoms with van der Waals surface area (Å²) in [5, 5.41) is 0. The average molecular weight is 240 g/mol.